The molecular weight excluding hydrogens is 380 g/mol. The molecule has 0 fully saturated rings. The number of rotatable bonds is 6. The Morgan fingerprint density at radius 1 is 1.19 bits per heavy atom. The van der Waals surface area contributed by atoms with Crippen molar-refractivity contribution in [3.63, 3.8) is 0 Å². The van der Waals surface area contributed by atoms with Gasteiger partial charge in [0.15, 0.2) is 0 Å². The number of amides is 1. The number of benzene rings is 1. The summed E-state index contributed by atoms with van der Waals surface area (Å²) in [6.45, 7) is 6.91. The SMILES string of the molecule is Cc1ccc(-n2nc(C)c(NC(=O)CN(C)Cc3ccc(Cl)s3)c2C)cc1. The Labute approximate surface area is 168 Å². The first-order valence-corrected chi connectivity index (χ1v) is 9.89. The van der Waals surface area contributed by atoms with Gasteiger partial charge in [-0.2, -0.15) is 5.10 Å². The van der Waals surface area contributed by atoms with Gasteiger partial charge in [-0.15, -0.1) is 11.3 Å². The molecule has 0 bridgehead atoms. The number of aryl methyl sites for hydroxylation is 2. The molecule has 27 heavy (non-hydrogen) atoms. The predicted octanol–water partition coefficient (Wildman–Crippen LogP) is 4.58. The Morgan fingerprint density at radius 3 is 2.52 bits per heavy atom. The molecule has 142 valence electrons. The second-order valence-corrected chi connectivity index (χ2v) is 8.52. The van der Waals surface area contributed by atoms with Crippen LogP contribution in [0.1, 0.15) is 21.8 Å². The van der Waals surface area contributed by atoms with Gasteiger partial charge in [0.2, 0.25) is 5.91 Å². The molecule has 0 saturated carbocycles. The largest absolute Gasteiger partial charge is 0.322 e. The lowest BCUT2D eigenvalue weighted by Crippen LogP contribution is -2.29. The van der Waals surface area contributed by atoms with Crippen LogP contribution < -0.4 is 5.32 Å². The van der Waals surface area contributed by atoms with Gasteiger partial charge in [-0.3, -0.25) is 9.69 Å². The molecule has 7 heteroatoms. The van der Waals surface area contributed by atoms with Gasteiger partial charge in [0.1, 0.15) is 0 Å². The highest BCUT2D eigenvalue weighted by Gasteiger charge is 2.16. The van der Waals surface area contributed by atoms with Crippen molar-refractivity contribution in [1.82, 2.24) is 14.7 Å². The Morgan fingerprint density at radius 2 is 1.89 bits per heavy atom. The fraction of sp³-hybridized carbons (Fsp3) is 0.300. The summed E-state index contributed by atoms with van der Waals surface area (Å²) >= 11 is 7.50. The maximum atomic E-state index is 12.5. The Hall–Kier alpha value is -2.15. The zero-order chi connectivity index (χ0) is 19.6. The maximum absolute atomic E-state index is 12.5. The molecule has 0 aliphatic heterocycles. The van der Waals surface area contributed by atoms with E-state index in [0.717, 1.165) is 32.0 Å². The molecule has 0 unspecified atom stereocenters. The molecule has 0 aliphatic carbocycles. The molecule has 0 spiro atoms. The van der Waals surface area contributed by atoms with Crippen molar-refractivity contribution < 1.29 is 4.79 Å². The molecule has 1 amide bonds. The summed E-state index contributed by atoms with van der Waals surface area (Å²) in [5.74, 6) is -0.0604. The number of hydrogen-bond donors (Lipinski definition) is 1. The summed E-state index contributed by atoms with van der Waals surface area (Å²) < 4.78 is 2.62. The van der Waals surface area contributed by atoms with E-state index in [4.69, 9.17) is 11.6 Å². The minimum Gasteiger partial charge on any atom is -0.322 e. The number of likely N-dealkylation sites (N-methyl/N-ethyl adjacent to an activating group) is 1. The summed E-state index contributed by atoms with van der Waals surface area (Å²) in [6, 6.07) is 12.0. The zero-order valence-corrected chi connectivity index (χ0v) is 17.5. The van der Waals surface area contributed by atoms with Crippen molar-refractivity contribution in [2.45, 2.75) is 27.3 Å². The number of thiophene rings is 1. The number of hydrogen-bond acceptors (Lipinski definition) is 4. The average Bonchev–Trinajstić information content (AvgIpc) is 3.13. The summed E-state index contributed by atoms with van der Waals surface area (Å²) in [4.78, 5) is 15.6. The molecule has 0 radical (unpaired) electrons. The molecule has 0 atom stereocenters. The van der Waals surface area contributed by atoms with Gasteiger partial charge in [0.05, 0.1) is 33.6 Å². The molecule has 1 N–H and O–H groups in total. The van der Waals surface area contributed by atoms with E-state index < -0.39 is 0 Å². The number of halogens is 1. The van der Waals surface area contributed by atoms with E-state index in [9.17, 15) is 4.79 Å². The van der Waals surface area contributed by atoms with Crippen LogP contribution in [0, 0.1) is 20.8 Å². The first-order chi connectivity index (χ1) is 12.8. The van der Waals surface area contributed by atoms with Crippen LogP contribution in [-0.2, 0) is 11.3 Å². The number of anilines is 1. The van der Waals surface area contributed by atoms with Crippen molar-refractivity contribution >= 4 is 34.5 Å². The van der Waals surface area contributed by atoms with Gasteiger partial charge in [0, 0.05) is 11.4 Å². The predicted molar refractivity (Wildman–Crippen MR) is 112 cm³/mol. The maximum Gasteiger partial charge on any atom is 0.238 e. The van der Waals surface area contributed by atoms with Crippen molar-refractivity contribution in [1.29, 1.82) is 0 Å². The summed E-state index contributed by atoms with van der Waals surface area (Å²) in [6.07, 6.45) is 0. The molecule has 2 aromatic heterocycles. The number of nitrogens with one attached hydrogen (secondary N) is 1. The van der Waals surface area contributed by atoms with Crippen LogP contribution in [0.4, 0.5) is 5.69 Å². The van der Waals surface area contributed by atoms with Crippen molar-refractivity contribution in [3.8, 4) is 5.69 Å². The third-order valence-corrected chi connectivity index (χ3v) is 5.52. The van der Waals surface area contributed by atoms with Crippen LogP contribution >= 0.6 is 22.9 Å². The van der Waals surface area contributed by atoms with Gasteiger partial charge in [0.25, 0.3) is 0 Å². The summed E-state index contributed by atoms with van der Waals surface area (Å²) in [5, 5.41) is 7.60. The van der Waals surface area contributed by atoms with E-state index in [-0.39, 0.29) is 5.91 Å². The normalized spacial score (nSPS) is 11.2. The molecule has 0 saturated heterocycles. The Balaban J connectivity index is 1.68. The summed E-state index contributed by atoms with van der Waals surface area (Å²) in [7, 11) is 1.92. The Kier molecular flexibility index (Phi) is 5.99. The standard InChI is InChI=1S/C20H23ClN4OS/c1-13-5-7-16(8-6-13)25-15(3)20(14(2)23-25)22-19(26)12-24(4)11-17-9-10-18(21)27-17/h5-10H,11-12H2,1-4H3,(H,22,26). The van der Waals surface area contributed by atoms with E-state index >= 15 is 0 Å². The van der Waals surface area contributed by atoms with Gasteiger partial charge in [-0.1, -0.05) is 29.3 Å². The minimum atomic E-state index is -0.0604. The average molecular weight is 403 g/mol. The minimum absolute atomic E-state index is 0.0604. The van der Waals surface area contributed by atoms with Gasteiger partial charge in [-0.05, 0) is 52.1 Å². The molecule has 5 nitrogen and oxygen atoms in total. The lowest BCUT2D eigenvalue weighted by Gasteiger charge is -2.15. The molecule has 2 heterocycles. The van der Waals surface area contributed by atoms with Crippen LogP contribution in [0.2, 0.25) is 4.34 Å². The van der Waals surface area contributed by atoms with Gasteiger partial charge in [-0.25, -0.2) is 4.68 Å². The van der Waals surface area contributed by atoms with E-state index in [2.05, 4.69) is 29.5 Å². The number of aromatic nitrogens is 2. The van der Waals surface area contributed by atoms with Crippen LogP contribution in [0.25, 0.3) is 5.69 Å². The van der Waals surface area contributed by atoms with Crippen LogP contribution in [0.3, 0.4) is 0 Å². The van der Waals surface area contributed by atoms with Crippen molar-refractivity contribution in [3.05, 3.63) is 62.6 Å². The number of carbonyl (C=O) groups excluding carboxylic acids is 1. The van der Waals surface area contributed by atoms with Crippen molar-refractivity contribution in [2.75, 3.05) is 18.9 Å². The van der Waals surface area contributed by atoms with E-state index in [1.165, 1.54) is 16.9 Å². The van der Waals surface area contributed by atoms with Gasteiger partial charge < -0.3 is 5.32 Å². The molecule has 3 aromatic rings. The first kappa shape index (κ1) is 19.6. The fourth-order valence-electron chi connectivity index (χ4n) is 2.94. The quantitative estimate of drug-likeness (QED) is 0.656. The second-order valence-electron chi connectivity index (χ2n) is 6.72. The third-order valence-electron chi connectivity index (χ3n) is 4.30. The third kappa shape index (κ3) is 4.77. The van der Waals surface area contributed by atoms with E-state index in [1.807, 2.05) is 54.7 Å². The summed E-state index contributed by atoms with van der Waals surface area (Å²) in [5.41, 5.74) is 4.66. The van der Waals surface area contributed by atoms with Crippen LogP contribution in [0.15, 0.2) is 36.4 Å². The number of nitrogens with zero attached hydrogens (tertiary/aromatic N) is 3. The molecular formula is C20H23ClN4OS. The zero-order valence-electron chi connectivity index (χ0n) is 15.9. The molecule has 3 rings (SSSR count). The van der Waals surface area contributed by atoms with Gasteiger partial charge >= 0.3 is 0 Å². The topological polar surface area (TPSA) is 50.2 Å². The van der Waals surface area contributed by atoms with Crippen molar-refractivity contribution in [2.24, 2.45) is 0 Å². The Bertz CT molecular complexity index is 946. The first-order valence-electron chi connectivity index (χ1n) is 8.69. The highest BCUT2D eigenvalue weighted by molar-refractivity contribution is 7.16. The number of carbonyl (C=O) groups is 1. The lowest BCUT2D eigenvalue weighted by atomic mass is 10.2. The molecule has 0 aliphatic rings. The second kappa shape index (κ2) is 8.25. The fourth-order valence-corrected chi connectivity index (χ4v) is 4.11. The molecule has 1 aromatic carbocycles. The highest BCUT2D eigenvalue weighted by Crippen LogP contribution is 2.24. The van der Waals surface area contributed by atoms with E-state index in [1.54, 1.807) is 0 Å². The monoisotopic (exact) mass is 402 g/mol. The highest BCUT2D eigenvalue weighted by atomic mass is 35.5. The lowest BCUT2D eigenvalue weighted by molar-refractivity contribution is -0.117. The van der Waals surface area contributed by atoms with Crippen LogP contribution in [0.5, 0.6) is 0 Å². The van der Waals surface area contributed by atoms with E-state index in [0.29, 0.717) is 13.1 Å². The van der Waals surface area contributed by atoms with Crippen LogP contribution in [-0.4, -0.2) is 34.2 Å². The smallest absolute Gasteiger partial charge is 0.238 e.